The van der Waals surface area contributed by atoms with E-state index < -0.39 is 0 Å². The van der Waals surface area contributed by atoms with Crippen molar-refractivity contribution in [2.75, 3.05) is 18.0 Å². The number of aromatic amines is 1. The van der Waals surface area contributed by atoms with Crippen molar-refractivity contribution in [1.82, 2.24) is 20.2 Å². The molecule has 0 aromatic carbocycles. The first-order valence-corrected chi connectivity index (χ1v) is 10.6. The fraction of sp³-hybridized carbons (Fsp3) is 0.500. The number of nitrogens with two attached hydrogens (primary N) is 1. The summed E-state index contributed by atoms with van der Waals surface area (Å²) in [6.45, 7) is 6.20. The average molecular weight is 403 g/mol. The van der Waals surface area contributed by atoms with Crippen LogP contribution in [0.2, 0.25) is 0 Å². The second-order valence-electron chi connectivity index (χ2n) is 7.98. The highest BCUT2D eigenvalue weighted by molar-refractivity contribution is 5.89. The molecular weight excluding hydrogens is 367 g/mol. The molecule has 0 amide bonds. The van der Waals surface area contributed by atoms with Gasteiger partial charge in [0.15, 0.2) is 11.5 Å². The van der Waals surface area contributed by atoms with E-state index >= 15 is 0 Å². The number of nitrogens with zero attached hydrogens (tertiary/aromatic N) is 4. The minimum Gasteiger partial charge on any atom is -0.356 e. The van der Waals surface area contributed by atoms with Crippen molar-refractivity contribution >= 4 is 16.9 Å². The third-order valence-electron chi connectivity index (χ3n) is 6.32. The fourth-order valence-corrected chi connectivity index (χ4v) is 4.56. The van der Waals surface area contributed by atoms with Crippen molar-refractivity contribution in [2.24, 2.45) is 17.6 Å². The number of nitrogens with one attached hydrogen (secondary N) is 1. The van der Waals surface area contributed by atoms with Crippen LogP contribution in [-0.4, -0.2) is 39.3 Å². The number of anilines is 1. The average Bonchev–Trinajstić information content (AvgIpc) is 3.19. The molecule has 7 heteroatoms. The van der Waals surface area contributed by atoms with Gasteiger partial charge in [-0.15, -0.1) is 0 Å². The second-order valence-corrected chi connectivity index (χ2v) is 7.98. The van der Waals surface area contributed by atoms with Gasteiger partial charge in [0.2, 0.25) is 0 Å². The molecule has 0 aliphatic carbocycles. The standard InChI is InChI=1S/C22H29FN6.3H2/c1-3-14(4-2)19(24)15-7-6-12-29(13-15)18-10-9-17(23)21(26-18)20-16-8-5-11-25-22(16)28-27-20;;;/h5,8-11,14-15,19H,3-4,6-7,12-13,24H2,1-2H3,(H,25,27,28);3*1H. The summed E-state index contributed by atoms with van der Waals surface area (Å²) in [6.07, 6.45) is 6.09. The van der Waals surface area contributed by atoms with E-state index in [1.54, 1.807) is 12.3 Å². The summed E-state index contributed by atoms with van der Waals surface area (Å²) in [4.78, 5) is 11.1. The van der Waals surface area contributed by atoms with Crippen molar-refractivity contribution in [1.29, 1.82) is 0 Å². The number of H-pyrrole nitrogens is 1. The van der Waals surface area contributed by atoms with Gasteiger partial charge < -0.3 is 10.6 Å². The zero-order valence-electron chi connectivity index (χ0n) is 17.1. The maximum atomic E-state index is 14.7. The monoisotopic (exact) mass is 402 g/mol. The van der Waals surface area contributed by atoms with Crippen LogP contribution in [0.3, 0.4) is 0 Å². The summed E-state index contributed by atoms with van der Waals surface area (Å²) in [7, 11) is 0. The molecule has 3 aromatic heterocycles. The Bertz CT molecular complexity index is 981. The molecule has 1 aliphatic rings. The lowest BCUT2D eigenvalue weighted by Crippen LogP contribution is -2.47. The number of hydrogen-bond acceptors (Lipinski definition) is 5. The third kappa shape index (κ3) is 3.83. The second kappa shape index (κ2) is 8.45. The number of aromatic nitrogens is 4. The van der Waals surface area contributed by atoms with Crippen LogP contribution in [0.4, 0.5) is 10.2 Å². The third-order valence-corrected chi connectivity index (χ3v) is 6.32. The van der Waals surface area contributed by atoms with E-state index in [2.05, 4.69) is 38.9 Å². The van der Waals surface area contributed by atoms with Gasteiger partial charge in [-0.05, 0) is 48.9 Å². The summed E-state index contributed by atoms with van der Waals surface area (Å²) in [6, 6.07) is 7.14. The Morgan fingerprint density at radius 2 is 2.14 bits per heavy atom. The van der Waals surface area contributed by atoms with Crippen LogP contribution in [0.1, 0.15) is 43.8 Å². The van der Waals surface area contributed by atoms with Crippen molar-refractivity contribution in [3.8, 4) is 11.4 Å². The molecule has 0 spiro atoms. The lowest BCUT2D eigenvalue weighted by Gasteiger charge is -2.38. The van der Waals surface area contributed by atoms with Gasteiger partial charge in [-0.3, -0.25) is 5.10 Å². The van der Waals surface area contributed by atoms with Crippen LogP contribution < -0.4 is 10.6 Å². The van der Waals surface area contributed by atoms with E-state index in [9.17, 15) is 4.39 Å². The Hall–Kier alpha value is -2.54. The number of piperidine rings is 1. The molecule has 2 atom stereocenters. The van der Waals surface area contributed by atoms with Crippen LogP contribution in [0, 0.1) is 17.7 Å². The zero-order chi connectivity index (χ0) is 20.4. The van der Waals surface area contributed by atoms with Gasteiger partial charge >= 0.3 is 0 Å². The molecule has 160 valence electrons. The zero-order valence-corrected chi connectivity index (χ0v) is 17.1. The van der Waals surface area contributed by atoms with Crippen LogP contribution in [-0.2, 0) is 0 Å². The molecular formula is C22H35FN6. The topological polar surface area (TPSA) is 83.7 Å². The molecule has 3 N–H and O–H groups in total. The largest absolute Gasteiger partial charge is 0.356 e. The van der Waals surface area contributed by atoms with E-state index in [0.717, 1.165) is 50.0 Å². The summed E-state index contributed by atoms with van der Waals surface area (Å²) in [5.41, 5.74) is 8.03. The number of rotatable bonds is 6. The number of fused-ring (bicyclic) bond motifs is 1. The van der Waals surface area contributed by atoms with Gasteiger partial charge in [0.25, 0.3) is 0 Å². The maximum Gasteiger partial charge on any atom is 0.181 e. The van der Waals surface area contributed by atoms with Gasteiger partial charge in [-0.1, -0.05) is 26.7 Å². The van der Waals surface area contributed by atoms with E-state index in [-0.39, 0.29) is 21.8 Å². The summed E-state index contributed by atoms with van der Waals surface area (Å²) >= 11 is 0. The maximum absolute atomic E-state index is 14.7. The van der Waals surface area contributed by atoms with Crippen LogP contribution in [0.15, 0.2) is 30.5 Å². The molecule has 4 heterocycles. The van der Waals surface area contributed by atoms with E-state index in [0.29, 0.717) is 23.2 Å². The fourth-order valence-electron chi connectivity index (χ4n) is 4.56. The molecule has 6 nitrogen and oxygen atoms in total. The van der Waals surface area contributed by atoms with Gasteiger partial charge in [0.05, 0.1) is 5.69 Å². The highest BCUT2D eigenvalue weighted by atomic mass is 19.1. The lowest BCUT2D eigenvalue weighted by atomic mass is 9.81. The number of pyridine rings is 2. The molecule has 1 fully saturated rings. The van der Waals surface area contributed by atoms with Crippen molar-refractivity contribution in [2.45, 2.75) is 45.6 Å². The summed E-state index contributed by atoms with van der Waals surface area (Å²) < 4.78 is 14.7. The smallest absolute Gasteiger partial charge is 0.181 e. The molecule has 0 radical (unpaired) electrons. The highest BCUT2D eigenvalue weighted by Gasteiger charge is 2.29. The van der Waals surface area contributed by atoms with Crippen molar-refractivity contribution < 1.29 is 8.67 Å². The first kappa shape index (κ1) is 19.8. The van der Waals surface area contributed by atoms with E-state index in [4.69, 9.17) is 5.73 Å². The Morgan fingerprint density at radius 3 is 2.93 bits per heavy atom. The predicted octanol–water partition coefficient (Wildman–Crippen LogP) is 4.88. The molecule has 0 bridgehead atoms. The molecule has 1 aliphatic heterocycles. The number of hydrogen-bond donors (Lipinski definition) is 2. The lowest BCUT2D eigenvalue weighted by molar-refractivity contribution is 0.261. The first-order valence-electron chi connectivity index (χ1n) is 10.6. The SMILES string of the molecule is CCC(CC)C(N)C1CCCN(c2ccc(F)c(-c3[nH]nc4ncccc34)n2)C1.[HH].[HH].[HH]. The summed E-state index contributed by atoms with van der Waals surface area (Å²) in [5.74, 6) is 1.39. The Balaban J connectivity index is 0.00000171. The van der Waals surface area contributed by atoms with Crippen LogP contribution in [0.25, 0.3) is 22.4 Å². The Labute approximate surface area is 175 Å². The molecule has 2 unspecified atom stereocenters. The molecule has 4 rings (SSSR count). The van der Waals surface area contributed by atoms with Gasteiger partial charge in [-0.25, -0.2) is 14.4 Å². The van der Waals surface area contributed by atoms with Crippen molar-refractivity contribution in [3.05, 3.63) is 36.3 Å². The molecule has 3 aromatic rings. The molecule has 1 saturated heterocycles. The quantitative estimate of drug-likeness (QED) is 0.614. The van der Waals surface area contributed by atoms with Gasteiger partial charge in [-0.2, -0.15) is 5.10 Å². The minimum absolute atomic E-state index is 0. The Kier molecular flexibility index (Phi) is 5.76. The normalized spacial score (nSPS) is 18.5. The molecule has 0 saturated carbocycles. The highest BCUT2D eigenvalue weighted by Crippen LogP contribution is 2.31. The summed E-state index contributed by atoms with van der Waals surface area (Å²) in [5, 5.41) is 7.85. The van der Waals surface area contributed by atoms with Crippen LogP contribution >= 0.6 is 0 Å². The van der Waals surface area contributed by atoms with E-state index in [1.807, 2.05) is 12.1 Å². The Morgan fingerprint density at radius 1 is 1.31 bits per heavy atom. The van der Waals surface area contributed by atoms with Gasteiger partial charge in [0.1, 0.15) is 11.5 Å². The van der Waals surface area contributed by atoms with Crippen molar-refractivity contribution in [3.63, 3.8) is 0 Å². The number of halogens is 1. The molecule has 29 heavy (non-hydrogen) atoms. The predicted molar refractivity (Wildman–Crippen MR) is 120 cm³/mol. The minimum atomic E-state index is -0.370. The first-order chi connectivity index (χ1) is 14.1. The van der Waals surface area contributed by atoms with Crippen LogP contribution in [0.5, 0.6) is 0 Å². The van der Waals surface area contributed by atoms with Gasteiger partial charge in [0, 0.05) is 35.0 Å². The van der Waals surface area contributed by atoms with E-state index in [1.165, 1.54) is 6.07 Å².